The average molecular weight is 355 g/mol. The smallest absolute Gasteiger partial charge is 0.271 e. The molecule has 24 heavy (non-hydrogen) atoms. The van der Waals surface area contributed by atoms with Gasteiger partial charge in [-0.15, -0.1) is 0 Å². The quantitative estimate of drug-likeness (QED) is 0.573. The van der Waals surface area contributed by atoms with Crippen molar-refractivity contribution in [1.29, 1.82) is 0 Å². The summed E-state index contributed by atoms with van der Waals surface area (Å²) < 4.78 is 28.0. The van der Waals surface area contributed by atoms with Crippen molar-refractivity contribution >= 4 is 15.9 Å². The van der Waals surface area contributed by atoms with Crippen molar-refractivity contribution in [1.82, 2.24) is 4.31 Å². The van der Waals surface area contributed by atoms with Crippen LogP contribution in [-0.4, -0.2) is 26.8 Å². The van der Waals surface area contributed by atoms with Crippen molar-refractivity contribution in [3.05, 3.63) is 29.8 Å². The van der Waals surface area contributed by atoms with Crippen LogP contribution in [0.4, 0.5) is 5.69 Å². The third-order valence-corrected chi connectivity index (χ3v) is 6.16. The highest BCUT2D eigenvalue weighted by Gasteiger charge is 2.26. The summed E-state index contributed by atoms with van der Waals surface area (Å²) in [5.41, 5.74) is 1.97. The molecule has 1 rings (SSSR count). The van der Waals surface area contributed by atoms with E-state index in [2.05, 4.69) is 31.6 Å². The van der Waals surface area contributed by atoms with E-state index in [0.717, 1.165) is 12.8 Å². The van der Waals surface area contributed by atoms with E-state index in [1.807, 2.05) is 18.2 Å². The maximum Gasteiger partial charge on any atom is 0.301 e. The number of rotatable bonds is 11. The van der Waals surface area contributed by atoms with Crippen LogP contribution >= 0.6 is 0 Å². The molecule has 0 saturated heterocycles. The van der Waals surface area contributed by atoms with Crippen LogP contribution in [0.2, 0.25) is 0 Å². The van der Waals surface area contributed by atoms with Gasteiger partial charge in [-0.3, -0.25) is 4.72 Å². The van der Waals surface area contributed by atoms with E-state index in [-0.39, 0.29) is 5.41 Å². The highest BCUT2D eigenvalue weighted by Crippen LogP contribution is 2.36. The molecule has 0 radical (unpaired) electrons. The Balaban J connectivity index is 3.04. The van der Waals surface area contributed by atoms with Crippen LogP contribution in [0.5, 0.6) is 0 Å². The van der Waals surface area contributed by atoms with E-state index in [0.29, 0.717) is 5.69 Å². The Bertz CT molecular complexity index is 599. The maximum absolute atomic E-state index is 12.1. The number of hydrogen-bond donors (Lipinski definition) is 1. The second kappa shape index (κ2) is 9.42. The number of benzene rings is 1. The van der Waals surface area contributed by atoms with Gasteiger partial charge < -0.3 is 0 Å². The van der Waals surface area contributed by atoms with E-state index in [1.54, 1.807) is 0 Å². The predicted octanol–water partition coefficient (Wildman–Crippen LogP) is 4.93. The lowest BCUT2D eigenvalue weighted by atomic mass is 9.74. The number of anilines is 1. The lowest BCUT2D eigenvalue weighted by Crippen LogP contribution is -2.29. The molecule has 0 spiro atoms. The van der Waals surface area contributed by atoms with Crippen molar-refractivity contribution in [3.63, 3.8) is 0 Å². The summed E-state index contributed by atoms with van der Waals surface area (Å²) in [7, 11) is -0.408. The summed E-state index contributed by atoms with van der Waals surface area (Å²) in [4.78, 5) is 0. The van der Waals surface area contributed by atoms with Crippen molar-refractivity contribution in [2.24, 2.45) is 0 Å². The summed E-state index contributed by atoms with van der Waals surface area (Å²) in [5.74, 6) is 0. The Kier molecular flexibility index (Phi) is 8.23. The fourth-order valence-electron chi connectivity index (χ4n) is 2.94. The van der Waals surface area contributed by atoms with Crippen LogP contribution in [0.3, 0.4) is 0 Å². The van der Waals surface area contributed by atoms with Gasteiger partial charge in [-0.25, -0.2) is 0 Å². The topological polar surface area (TPSA) is 49.4 Å². The highest BCUT2D eigenvalue weighted by molar-refractivity contribution is 7.90. The molecule has 0 aromatic heterocycles. The number of hydrogen-bond acceptors (Lipinski definition) is 2. The fourth-order valence-corrected chi connectivity index (χ4v) is 3.55. The SMILES string of the molecule is CCCCCC(C)(CCCC)c1cccc(NS(=O)(=O)N(C)C)c1. The molecule has 5 heteroatoms. The van der Waals surface area contributed by atoms with Crippen molar-refractivity contribution in [2.45, 2.75) is 71.1 Å². The van der Waals surface area contributed by atoms with Gasteiger partial charge in [0.15, 0.2) is 0 Å². The van der Waals surface area contributed by atoms with E-state index in [9.17, 15) is 8.42 Å². The molecule has 0 aliphatic rings. The second-order valence-corrected chi connectivity index (χ2v) is 8.98. The molecule has 1 N–H and O–H groups in total. The van der Waals surface area contributed by atoms with E-state index >= 15 is 0 Å². The number of unbranched alkanes of at least 4 members (excludes halogenated alkanes) is 3. The first-order valence-corrected chi connectivity index (χ1v) is 10.5. The zero-order chi connectivity index (χ0) is 18.2. The predicted molar refractivity (Wildman–Crippen MR) is 104 cm³/mol. The first-order valence-electron chi connectivity index (χ1n) is 9.06. The van der Waals surface area contributed by atoms with Crippen LogP contribution in [0, 0.1) is 0 Å². The Morgan fingerprint density at radius 2 is 1.67 bits per heavy atom. The van der Waals surface area contributed by atoms with E-state index < -0.39 is 10.2 Å². The number of nitrogens with zero attached hydrogens (tertiary/aromatic N) is 1. The Labute approximate surface area is 148 Å². The molecule has 0 bridgehead atoms. The molecule has 4 nitrogen and oxygen atoms in total. The van der Waals surface area contributed by atoms with Crippen LogP contribution in [0.15, 0.2) is 24.3 Å². The molecule has 0 heterocycles. The first kappa shape index (κ1) is 21.0. The van der Waals surface area contributed by atoms with Gasteiger partial charge in [0.1, 0.15) is 0 Å². The third-order valence-electron chi connectivity index (χ3n) is 4.70. The van der Waals surface area contributed by atoms with Gasteiger partial charge >= 0.3 is 10.2 Å². The molecule has 138 valence electrons. The monoisotopic (exact) mass is 354 g/mol. The maximum atomic E-state index is 12.1. The van der Waals surface area contributed by atoms with Crippen LogP contribution in [0.1, 0.15) is 71.3 Å². The van der Waals surface area contributed by atoms with Gasteiger partial charge in [-0.1, -0.05) is 65.0 Å². The lowest BCUT2D eigenvalue weighted by Gasteiger charge is -2.31. The van der Waals surface area contributed by atoms with Gasteiger partial charge in [0, 0.05) is 14.1 Å². The molecule has 0 aliphatic heterocycles. The summed E-state index contributed by atoms with van der Waals surface area (Å²) in [6.07, 6.45) is 8.32. The Hall–Kier alpha value is -1.07. The van der Waals surface area contributed by atoms with Gasteiger partial charge in [-0.05, 0) is 36.0 Å². The fraction of sp³-hybridized carbons (Fsp3) is 0.684. The summed E-state index contributed by atoms with van der Waals surface area (Å²) >= 11 is 0. The van der Waals surface area contributed by atoms with E-state index in [4.69, 9.17) is 0 Å². The molecule has 0 fully saturated rings. The zero-order valence-electron chi connectivity index (χ0n) is 15.9. The summed E-state index contributed by atoms with van der Waals surface area (Å²) in [5, 5.41) is 0. The van der Waals surface area contributed by atoms with Crippen molar-refractivity contribution in [3.8, 4) is 0 Å². The average Bonchev–Trinajstić information content (AvgIpc) is 2.53. The summed E-state index contributed by atoms with van der Waals surface area (Å²) in [6, 6.07) is 7.90. The largest absolute Gasteiger partial charge is 0.301 e. The van der Waals surface area contributed by atoms with Crippen LogP contribution in [0.25, 0.3) is 0 Å². The normalized spacial score (nSPS) is 14.6. The molecule has 1 atom stereocenters. The van der Waals surface area contributed by atoms with Crippen LogP contribution in [-0.2, 0) is 15.6 Å². The summed E-state index contributed by atoms with van der Waals surface area (Å²) in [6.45, 7) is 6.76. The zero-order valence-corrected chi connectivity index (χ0v) is 16.7. The first-order chi connectivity index (χ1) is 11.2. The molecule has 1 unspecified atom stereocenters. The molecule has 1 aromatic rings. The van der Waals surface area contributed by atoms with E-state index in [1.165, 1.54) is 56.1 Å². The minimum absolute atomic E-state index is 0.102. The minimum Gasteiger partial charge on any atom is -0.271 e. The van der Waals surface area contributed by atoms with Gasteiger partial charge in [0.2, 0.25) is 0 Å². The van der Waals surface area contributed by atoms with Gasteiger partial charge in [-0.2, -0.15) is 12.7 Å². The Morgan fingerprint density at radius 1 is 1.04 bits per heavy atom. The number of nitrogens with one attached hydrogen (secondary N) is 1. The molecule has 0 saturated carbocycles. The van der Waals surface area contributed by atoms with Gasteiger partial charge in [0.05, 0.1) is 5.69 Å². The second-order valence-electron chi connectivity index (χ2n) is 7.09. The standard InChI is InChI=1S/C19H34N2O2S/c1-6-8-10-15-19(3,14-9-7-2)17-12-11-13-18(16-17)20-24(22,23)21(4)5/h11-13,16,20H,6-10,14-15H2,1-5H3. The molecular weight excluding hydrogens is 320 g/mol. The molecule has 0 amide bonds. The lowest BCUT2D eigenvalue weighted by molar-refractivity contribution is 0.371. The van der Waals surface area contributed by atoms with Gasteiger partial charge in [0.25, 0.3) is 0 Å². The molecular formula is C19H34N2O2S. The van der Waals surface area contributed by atoms with Crippen LogP contribution < -0.4 is 4.72 Å². The van der Waals surface area contributed by atoms with Crippen molar-refractivity contribution < 1.29 is 8.42 Å². The van der Waals surface area contributed by atoms with Crippen molar-refractivity contribution in [2.75, 3.05) is 18.8 Å². The highest BCUT2D eigenvalue weighted by atomic mass is 32.2. The molecule has 0 aliphatic carbocycles. The minimum atomic E-state index is -3.47. The molecule has 1 aromatic carbocycles. The third kappa shape index (κ3) is 6.10. The Morgan fingerprint density at radius 3 is 2.25 bits per heavy atom.